The summed E-state index contributed by atoms with van der Waals surface area (Å²) < 4.78 is 40.3. The second-order valence-corrected chi connectivity index (χ2v) is 7.73. The van der Waals surface area contributed by atoms with Crippen LogP contribution in [-0.4, -0.2) is 14.8 Å². The first-order valence-corrected chi connectivity index (χ1v) is 8.70. The minimum absolute atomic E-state index is 0.0449. The van der Waals surface area contributed by atoms with Crippen LogP contribution in [0, 0.1) is 11.8 Å². The summed E-state index contributed by atoms with van der Waals surface area (Å²) in [5.41, 5.74) is 0.499. The van der Waals surface area contributed by atoms with Crippen LogP contribution < -0.4 is 0 Å². The molecule has 3 nitrogen and oxygen atoms in total. The van der Waals surface area contributed by atoms with Crippen molar-refractivity contribution in [3.63, 3.8) is 0 Å². The molecule has 0 spiro atoms. The van der Waals surface area contributed by atoms with Gasteiger partial charge in [-0.2, -0.15) is 13.2 Å². The molecule has 2 N–H and O–H groups in total. The predicted molar refractivity (Wildman–Crippen MR) is 85.4 cm³/mol. The van der Waals surface area contributed by atoms with E-state index in [1.807, 2.05) is 0 Å². The molecule has 25 heavy (non-hydrogen) atoms. The Bertz CT molecular complexity index is 865. The summed E-state index contributed by atoms with van der Waals surface area (Å²) in [5, 5.41) is 21.5. The van der Waals surface area contributed by atoms with E-state index < -0.39 is 11.7 Å². The van der Waals surface area contributed by atoms with Crippen molar-refractivity contribution in [1.82, 2.24) is 4.57 Å². The molecule has 0 aliphatic heterocycles. The first-order chi connectivity index (χ1) is 11.8. The maximum absolute atomic E-state index is 13.1. The van der Waals surface area contributed by atoms with Crippen LogP contribution >= 0.6 is 11.6 Å². The van der Waals surface area contributed by atoms with Gasteiger partial charge in [-0.25, -0.2) is 4.57 Å². The van der Waals surface area contributed by atoms with Crippen LogP contribution in [-0.2, 0) is 6.18 Å². The Morgan fingerprint density at radius 3 is 2.08 bits per heavy atom. The molecule has 1 aromatic heterocycles. The van der Waals surface area contributed by atoms with Crippen LogP contribution in [0.25, 0.3) is 5.69 Å². The average molecular weight is 370 g/mol. The van der Waals surface area contributed by atoms with Crippen LogP contribution in [0.2, 0.25) is 5.02 Å². The third-order valence-corrected chi connectivity index (χ3v) is 6.48. The van der Waals surface area contributed by atoms with Crippen molar-refractivity contribution in [2.75, 3.05) is 0 Å². The largest absolute Gasteiger partial charge is 0.494 e. The van der Waals surface area contributed by atoms with Gasteiger partial charge in [-0.1, -0.05) is 11.6 Å². The van der Waals surface area contributed by atoms with Gasteiger partial charge in [0.15, 0.2) is 0 Å². The number of hydrogen-bond acceptors (Lipinski definition) is 2. The second-order valence-electron chi connectivity index (χ2n) is 7.33. The van der Waals surface area contributed by atoms with Gasteiger partial charge in [0.2, 0.25) is 11.8 Å². The number of aromatic hydroxyl groups is 2. The lowest BCUT2D eigenvalue weighted by Gasteiger charge is -2.35. The minimum atomic E-state index is -4.53. The molecule has 4 atom stereocenters. The first-order valence-electron chi connectivity index (χ1n) is 8.32. The van der Waals surface area contributed by atoms with E-state index >= 15 is 0 Å². The van der Waals surface area contributed by atoms with Crippen molar-refractivity contribution in [3.8, 4) is 17.4 Å². The van der Waals surface area contributed by atoms with Gasteiger partial charge in [-0.15, -0.1) is 0 Å². The molecule has 1 heterocycles. The number of fused-ring (bicyclic) bond motifs is 1. The van der Waals surface area contributed by atoms with E-state index in [9.17, 15) is 23.4 Å². The maximum atomic E-state index is 13.1. The zero-order valence-corrected chi connectivity index (χ0v) is 13.8. The molecule has 2 fully saturated rings. The quantitative estimate of drug-likeness (QED) is 0.728. The molecule has 1 aromatic carbocycles. The van der Waals surface area contributed by atoms with Crippen LogP contribution in [0.1, 0.15) is 47.8 Å². The van der Waals surface area contributed by atoms with Gasteiger partial charge in [0, 0.05) is 11.1 Å². The number of hydrogen-bond donors (Lipinski definition) is 2. The normalized spacial score (nSPS) is 29.4. The number of alkyl halides is 3. The molecule has 2 bridgehead atoms. The number of nitrogens with zero attached hydrogens (tertiary/aromatic N) is 1. The van der Waals surface area contributed by atoms with Gasteiger partial charge in [-0.3, -0.25) is 0 Å². The number of rotatable bonds is 1. The molecule has 132 valence electrons. The fraction of sp³-hybridized carbons (Fsp3) is 0.444. The number of benzene rings is 1. The molecule has 4 aliphatic carbocycles. The molecular weight excluding hydrogens is 355 g/mol. The summed E-state index contributed by atoms with van der Waals surface area (Å²) in [4.78, 5) is 0. The van der Waals surface area contributed by atoms with E-state index in [0.29, 0.717) is 23.0 Å². The summed E-state index contributed by atoms with van der Waals surface area (Å²) in [6, 6.07) is 2.90. The standard InChI is InChI=1S/C18H15ClF3NO2/c19-12-4-1-7(18(20,21)22)5-13(12)23-16(24)14-8-2-3-9(11-6-10(8)11)15(14)17(23)25/h1,4-5,8-11,24-25H,2-3,6H2/t8-,9+,10+,11-. The fourth-order valence-corrected chi connectivity index (χ4v) is 5.27. The van der Waals surface area contributed by atoms with Crippen LogP contribution in [0.5, 0.6) is 11.8 Å². The van der Waals surface area contributed by atoms with Gasteiger partial charge < -0.3 is 10.2 Å². The third kappa shape index (κ3) is 1.94. The van der Waals surface area contributed by atoms with Crippen LogP contribution in [0.15, 0.2) is 18.2 Å². The van der Waals surface area contributed by atoms with Crippen molar-refractivity contribution in [1.29, 1.82) is 0 Å². The Morgan fingerprint density at radius 2 is 1.56 bits per heavy atom. The van der Waals surface area contributed by atoms with Crippen molar-refractivity contribution < 1.29 is 23.4 Å². The van der Waals surface area contributed by atoms with Crippen molar-refractivity contribution in [2.45, 2.75) is 37.3 Å². The summed E-state index contributed by atoms with van der Waals surface area (Å²) in [6.07, 6.45) is -1.52. The topological polar surface area (TPSA) is 45.4 Å². The van der Waals surface area contributed by atoms with Gasteiger partial charge in [0.1, 0.15) is 0 Å². The van der Waals surface area contributed by atoms with Crippen molar-refractivity contribution >= 4 is 11.6 Å². The summed E-state index contributed by atoms with van der Waals surface area (Å²) in [5.74, 6) is 1.08. The lowest BCUT2D eigenvalue weighted by atomic mass is 9.68. The summed E-state index contributed by atoms with van der Waals surface area (Å²) in [7, 11) is 0. The maximum Gasteiger partial charge on any atom is 0.416 e. The van der Waals surface area contributed by atoms with Gasteiger partial charge in [-0.05, 0) is 61.1 Å². The zero-order chi connectivity index (χ0) is 17.7. The Balaban J connectivity index is 1.73. The fourth-order valence-electron chi connectivity index (χ4n) is 5.07. The molecule has 7 heteroatoms. The molecule has 0 saturated heterocycles. The van der Waals surface area contributed by atoms with Gasteiger partial charge in [0.25, 0.3) is 0 Å². The highest BCUT2D eigenvalue weighted by molar-refractivity contribution is 6.32. The number of aromatic nitrogens is 1. The van der Waals surface area contributed by atoms with E-state index in [0.717, 1.165) is 42.0 Å². The molecule has 4 aliphatic rings. The average Bonchev–Trinajstić information content (AvgIpc) is 3.32. The Morgan fingerprint density at radius 1 is 1.00 bits per heavy atom. The highest BCUT2D eigenvalue weighted by atomic mass is 35.5. The molecular formula is C18H15ClF3NO2. The Labute approximate surface area is 146 Å². The Kier molecular flexibility index (Phi) is 2.88. The SMILES string of the molecule is Oc1c2c(c(O)n1-c1cc(C(F)(F)F)ccc1Cl)[C@@H]1CC[C@H]2[C@H]2C[C@H]21. The van der Waals surface area contributed by atoms with E-state index in [4.69, 9.17) is 11.6 Å². The highest BCUT2D eigenvalue weighted by Gasteiger charge is 2.59. The molecule has 0 radical (unpaired) electrons. The molecule has 2 aromatic rings. The van der Waals surface area contributed by atoms with E-state index in [2.05, 4.69) is 0 Å². The third-order valence-electron chi connectivity index (χ3n) is 6.17. The smallest absolute Gasteiger partial charge is 0.416 e. The highest BCUT2D eigenvalue weighted by Crippen LogP contribution is 2.70. The zero-order valence-electron chi connectivity index (χ0n) is 13.0. The lowest BCUT2D eigenvalue weighted by Crippen LogP contribution is -2.22. The lowest BCUT2D eigenvalue weighted by molar-refractivity contribution is -0.137. The van der Waals surface area contributed by atoms with Crippen LogP contribution in [0.3, 0.4) is 0 Å². The monoisotopic (exact) mass is 369 g/mol. The summed E-state index contributed by atoms with van der Waals surface area (Å²) in [6.45, 7) is 0. The molecule has 0 amide bonds. The van der Waals surface area contributed by atoms with Gasteiger partial charge in [0.05, 0.1) is 16.3 Å². The summed E-state index contributed by atoms with van der Waals surface area (Å²) >= 11 is 6.10. The van der Waals surface area contributed by atoms with Crippen molar-refractivity contribution in [3.05, 3.63) is 39.9 Å². The van der Waals surface area contributed by atoms with E-state index in [1.165, 1.54) is 0 Å². The minimum Gasteiger partial charge on any atom is -0.494 e. The van der Waals surface area contributed by atoms with E-state index in [1.54, 1.807) is 0 Å². The Hall–Kier alpha value is -1.82. The van der Waals surface area contributed by atoms with E-state index in [-0.39, 0.29) is 34.3 Å². The predicted octanol–water partition coefficient (Wildman–Crippen LogP) is 5.17. The second kappa shape index (κ2) is 4.67. The van der Waals surface area contributed by atoms with Gasteiger partial charge >= 0.3 is 6.18 Å². The van der Waals surface area contributed by atoms with Crippen molar-refractivity contribution in [2.24, 2.45) is 11.8 Å². The molecule has 0 unspecified atom stereocenters. The van der Waals surface area contributed by atoms with Crippen LogP contribution in [0.4, 0.5) is 13.2 Å². The molecule has 2 saturated carbocycles. The number of halogens is 4. The molecule has 6 rings (SSSR count). The first kappa shape index (κ1) is 15.4.